The molecule has 0 aliphatic carbocycles. The van der Waals surface area contributed by atoms with Crippen LogP contribution in [0.1, 0.15) is 206 Å². The monoisotopic (exact) mass is 778 g/mol. The summed E-state index contributed by atoms with van der Waals surface area (Å²) in [6.07, 6.45) is 42.4. The number of unbranched alkanes of at least 4 members (excludes halogenated alkanes) is 23. The van der Waals surface area contributed by atoms with E-state index in [0.717, 1.165) is 32.1 Å². The van der Waals surface area contributed by atoms with Gasteiger partial charge >= 0.3 is 11.9 Å². The Hall–Kier alpha value is -2.19. The molecule has 55 heavy (non-hydrogen) atoms. The van der Waals surface area contributed by atoms with Gasteiger partial charge in [0.25, 0.3) is 0 Å². The lowest BCUT2D eigenvalue weighted by Gasteiger charge is -2.34. The average Bonchev–Trinajstić information content (AvgIpc) is 3.14. The minimum Gasteiger partial charge on any atom is -0.544 e. The van der Waals surface area contributed by atoms with Crippen LogP contribution in [-0.2, 0) is 28.6 Å². The number of carbonyl (C=O) groups excluding carboxylic acids is 3. The molecule has 0 saturated carbocycles. The highest BCUT2D eigenvalue weighted by molar-refractivity contribution is 5.70. The third kappa shape index (κ3) is 37.2. The SMILES string of the molecule is CCCCCC/C=C/CCC(=O)OCC(COCCC(C(=O)[O-])[N+](C)(C)C)OC(=O)CCCCCCCCC/C=C/CCCCCCCCCCCCCC. The summed E-state index contributed by atoms with van der Waals surface area (Å²) < 4.78 is 17.1. The number of hydrogen-bond acceptors (Lipinski definition) is 7. The van der Waals surface area contributed by atoms with Crippen LogP contribution in [0.3, 0.4) is 0 Å². The molecule has 0 fully saturated rings. The summed E-state index contributed by atoms with van der Waals surface area (Å²) in [5.41, 5.74) is 0. The fourth-order valence-electron chi connectivity index (χ4n) is 6.73. The van der Waals surface area contributed by atoms with Crippen molar-refractivity contribution >= 4 is 17.9 Å². The van der Waals surface area contributed by atoms with Crippen LogP contribution >= 0.6 is 0 Å². The van der Waals surface area contributed by atoms with Crippen molar-refractivity contribution in [2.45, 2.75) is 219 Å². The first-order valence-corrected chi connectivity index (χ1v) is 22.9. The number of aliphatic carboxylic acids is 1. The molecule has 0 spiro atoms. The summed E-state index contributed by atoms with van der Waals surface area (Å²) in [4.78, 5) is 36.7. The van der Waals surface area contributed by atoms with Crippen molar-refractivity contribution in [3.05, 3.63) is 24.3 Å². The summed E-state index contributed by atoms with van der Waals surface area (Å²) in [7, 11) is 5.39. The molecule has 8 nitrogen and oxygen atoms in total. The molecule has 0 aromatic heterocycles. The summed E-state index contributed by atoms with van der Waals surface area (Å²) >= 11 is 0. The van der Waals surface area contributed by atoms with Gasteiger partial charge < -0.3 is 28.6 Å². The molecule has 0 radical (unpaired) electrons. The predicted molar refractivity (Wildman–Crippen MR) is 227 cm³/mol. The van der Waals surface area contributed by atoms with Crippen molar-refractivity contribution in [1.29, 1.82) is 0 Å². The van der Waals surface area contributed by atoms with Gasteiger partial charge in [0.15, 0.2) is 6.10 Å². The number of carbonyl (C=O) groups is 3. The van der Waals surface area contributed by atoms with Crippen LogP contribution in [0, 0.1) is 0 Å². The number of rotatable bonds is 41. The van der Waals surface area contributed by atoms with Crippen LogP contribution in [0.25, 0.3) is 0 Å². The number of carboxylic acid groups (broad SMARTS) is 1. The minimum atomic E-state index is -1.13. The van der Waals surface area contributed by atoms with E-state index in [4.69, 9.17) is 14.2 Å². The Labute approximate surface area is 339 Å². The Morgan fingerprint density at radius 3 is 1.40 bits per heavy atom. The molecular formula is C47H87NO7. The van der Waals surface area contributed by atoms with Crippen molar-refractivity contribution in [3.63, 3.8) is 0 Å². The number of nitrogens with zero attached hydrogens (tertiary/aromatic N) is 1. The number of ether oxygens (including phenoxy) is 3. The molecule has 0 aliphatic heterocycles. The van der Waals surface area contributed by atoms with E-state index in [1.165, 1.54) is 135 Å². The maximum absolute atomic E-state index is 12.7. The zero-order valence-electron chi connectivity index (χ0n) is 36.6. The van der Waals surface area contributed by atoms with Crippen molar-refractivity contribution in [2.75, 3.05) is 41.0 Å². The van der Waals surface area contributed by atoms with E-state index in [1.807, 2.05) is 6.08 Å². The Bertz CT molecular complexity index is 957. The first-order valence-electron chi connectivity index (χ1n) is 22.9. The van der Waals surface area contributed by atoms with Gasteiger partial charge in [0.2, 0.25) is 0 Å². The number of allylic oxidation sites excluding steroid dienone is 4. The third-order valence-electron chi connectivity index (χ3n) is 10.3. The van der Waals surface area contributed by atoms with Gasteiger partial charge in [-0.25, -0.2) is 0 Å². The minimum absolute atomic E-state index is 0.0299. The highest BCUT2D eigenvalue weighted by Crippen LogP contribution is 2.15. The zero-order valence-corrected chi connectivity index (χ0v) is 36.6. The largest absolute Gasteiger partial charge is 0.544 e. The van der Waals surface area contributed by atoms with E-state index < -0.39 is 18.1 Å². The molecule has 322 valence electrons. The Morgan fingerprint density at radius 2 is 0.945 bits per heavy atom. The van der Waals surface area contributed by atoms with Gasteiger partial charge in [0, 0.05) is 19.3 Å². The third-order valence-corrected chi connectivity index (χ3v) is 10.3. The van der Waals surface area contributed by atoms with Gasteiger partial charge in [-0.2, -0.15) is 0 Å². The Kier molecular flexibility index (Phi) is 37.1. The maximum Gasteiger partial charge on any atom is 0.306 e. The van der Waals surface area contributed by atoms with Gasteiger partial charge in [-0.05, 0) is 51.4 Å². The fourth-order valence-corrected chi connectivity index (χ4v) is 6.73. The molecule has 0 heterocycles. The summed E-state index contributed by atoms with van der Waals surface area (Å²) in [5, 5.41) is 11.6. The van der Waals surface area contributed by atoms with E-state index in [1.54, 1.807) is 21.1 Å². The van der Waals surface area contributed by atoms with Crippen molar-refractivity contribution in [3.8, 4) is 0 Å². The van der Waals surface area contributed by atoms with Crippen LogP contribution in [0.4, 0.5) is 0 Å². The highest BCUT2D eigenvalue weighted by atomic mass is 16.6. The van der Waals surface area contributed by atoms with E-state index in [0.29, 0.717) is 12.8 Å². The molecule has 0 aliphatic rings. The lowest BCUT2D eigenvalue weighted by Crippen LogP contribution is -2.55. The fraction of sp³-hybridized carbons (Fsp3) is 0.851. The normalized spacial score (nSPS) is 13.1. The molecule has 0 rings (SSSR count). The van der Waals surface area contributed by atoms with Crippen LogP contribution in [0.5, 0.6) is 0 Å². The number of hydrogen-bond donors (Lipinski definition) is 0. The first-order chi connectivity index (χ1) is 26.6. The molecule has 0 aromatic rings. The predicted octanol–water partition coefficient (Wildman–Crippen LogP) is 11.1. The second kappa shape index (κ2) is 38.7. The van der Waals surface area contributed by atoms with Crippen LogP contribution in [-0.4, -0.2) is 75.5 Å². The molecule has 0 saturated heterocycles. The lowest BCUT2D eigenvalue weighted by molar-refractivity contribution is -0.889. The lowest BCUT2D eigenvalue weighted by atomic mass is 10.0. The summed E-state index contributed by atoms with van der Waals surface area (Å²) in [6.45, 7) is 4.58. The average molecular weight is 778 g/mol. The number of quaternary nitrogens is 1. The first kappa shape index (κ1) is 52.8. The van der Waals surface area contributed by atoms with E-state index in [-0.39, 0.29) is 49.1 Å². The van der Waals surface area contributed by atoms with E-state index in [9.17, 15) is 19.5 Å². The number of esters is 2. The molecular weight excluding hydrogens is 691 g/mol. The standard InChI is InChI=1S/C47H87NO7/c1-6-8-10-12-14-16-17-18-19-20-21-22-23-24-25-26-27-28-29-30-32-34-36-38-46(50)55-43(41-53-40-39-44(47(51)52)48(3,4)5)42-54-45(49)37-35-33-31-15-13-11-9-7-2/h24-25,31,33,43-44H,6-23,26-30,32,34-42H2,1-5H3/b25-24+,33-31+. The summed E-state index contributed by atoms with van der Waals surface area (Å²) in [6, 6.07) is -0.728. The molecule has 0 N–H and O–H groups in total. The molecule has 0 aromatic carbocycles. The van der Waals surface area contributed by atoms with Gasteiger partial charge in [-0.3, -0.25) is 9.59 Å². The van der Waals surface area contributed by atoms with Crippen LogP contribution in [0.2, 0.25) is 0 Å². The second-order valence-corrected chi connectivity index (χ2v) is 16.6. The van der Waals surface area contributed by atoms with Gasteiger partial charge in [0.1, 0.15) is 12.6 Å². The van der Waals surface area contributed by atoms with E-state index in [2.05, 4.69) is 32.1 Å². The quantitative estimate of drug-likeness (QED) is 0.0264. The van der Waals surface area contributed by atoms with E-state index >= 15 is 0 Å². The van der Waals surface area contributed by atoms with Crippen molar-refractivity contribution in [2.24, 2.45) is 0 Å². The highest BCUT2D eigenvalue weighted by Gasteiger charge is 2.25. The molecule has 2 atom stereocenters. The molecule has 0 amide bonds. The van der Waals surface area contributed by atoms with Gasteiger partial charge in [0.05, 0.1) is 40.3 Å². The Balaban J connectivity index is 4.17. The second-order valence-electron chi connectivity index (χ2n) is 16.6. The van der Waals surface area contributed by atoms with Gasteiger partial charge in [-0.15, -0.1) is 0 Å². The summed E-state index contributed by atoms with van der Waals surface area (Å²) in [5.74, 6) is -1.80. The Morgan fingerprint density at radius 1 is 0.527 bits per heavy atom. The molecule has 2 unspecified atom stereocenters. The van der Waals surface area contributed by atoms with Crippen molar-refractivity contribution in [1.82, 2.24) is 0 Å². The van der Waals surface area contributed by atoms with Gasteiger partial charge in [-0.1, -0.05) is 160 Å². The molecule has 0 bridgehead atoms. The van der Waals surface area contributed by atoms with Crippen molar-refractivity contribution < 1.29 is 38.2 Å². The molecule has 8 heteroatoms. The van der Waals surface area contributed by atoms with Crippen LogP contribution in [0.15, 0.2) is 24.3 Å². The topological polar surface area (TPSA) is 102 Å². The number of likely N-dealkylation sites (N-methyl/N-ethyl adjacent to an activating group) is 1. The van der Waals surface area contributed by atoms with Crippen LogP contribution < -0.4 is 5.11 Å². The number of carboxylic acids is 1. The smallest absolute Gasteiger partial charge is 0.306 e. The maximum atomic E-state index is 12.7. The zero-order chi connectivity index (χ0) is 40.7.